The van der Waals surface area contributed by atoms with E-state index in [0.717, 1.165) is 11.3 Å². The Morgan fingerprint density at radius 1 is 1.09 bits per heavy atom. The minimum Gasteiger partial charge on any atom is -0.464 e. The standard InChI is InChI=1S/C17H14BrN3O2/c1-12-15(18)19-21(14-10-6-3-7-11-14)16(12)20(17(22)23)13-8-4-2-5-9-13/h2-11H,1H3,(H,22,23). The Balaban J connectivity index is 2.23. The first-order chi connectivity index (χ1) is 11.1. The molecule has 5 nitrogen and oxygen atoms in total. The Morgan fingerprint density at radius 2 is 1.65 bits per heavy atom. The average molecular weight is 372 g/mol. The van der Waals surface area contributed by atoms with E-state index in [1.807, 2.05) is 43.3 Å². The molecule has 3 aromatic rings. The number of anilines is 2. The Morgan fingerprint density at radius 3 is 2.22 bits per heavy atom. The summed E-state index contributed by atoms with van der Waals surface area (Å²) < 4.78 is 2.24. The van der Waals surface area contributed by atoms with E-state index in [2.05, 4.69) is 21.0 Å². The summed E-state index contributed by atoms with van der Waals surface area (Å²) in [6.07, 6.45) is -1.07. The lowest BCUT2D eigenvalue weighted by atomic mass is 10.2. The van der Waals surface area contributed by atoms with Crippen molar-refractivity contribution in [2.75, 3.05) is 4.90 Å². The van der Waals surface area contributed by atoms with Gasteiger partial charge in [0.15, 0.2) is 5.82 Å². The highest BCUT2D eigenvalue weighted by molar-refractivity contribution is 9.10. The maximum absolute atomic E-state index is 11.9. The summed E-state index contributed by atoms with van der Waals surface area (Å²) in [7, 11) is 0. The molecule has 2 aromatic carbocycles. The van der Waals surface area contributed by atoms with Gasteiger partial charge in [-0.05, 0) is 47.1 Å². The summed E-state index contributed by atoms with van der Waals surface area (Å²) in [4.78, 5) is 13.2. The lowest BCUT2D eigenvalue weighted by molar-refractivity contribution is 0.204. The zero-order chi connectivity index (χ0) is 16.4. The number of para-hydroxylation sites is 2. The molecule has 1 N–H and O–H groups in total. The molecule has 0 aliphatic rings. The molecule has 0 spiro atoms. The van der Waals surface area contributed by atoms with Crippen LogP contribution in [0.5, 0.6) is 0 Å². The molecular formula is C17H14BrN3O2. The number of benzene rings is 2. The van der Waals surface area contributed by atoms with Crippen LogP contribution >= 0.6 is 15.9 Å². The third-order valence-corrected chi connectivity index (χ3v) is 4.20. The van der Waals surface area contributed by atoms with Gasteiger partial charge in [-0.3, -0.25) is 0 Å². The molecule has 0 unspecified atom stereocenters. The fraction of sp³-hybridized carbons (Fsp3) is 0.0588. The smallest absolute Gasteiger partial charge is 0.417 e. The van der Waals surface area contributed by atoms with Crippen molar-refractivity contribution >= 4 is 33.5 Å². The van der Waals surface area contributed by atoms with Crippen molar-refractivity contribution in [3.05, 3.63) is 70.8 Å². The summed E-state index contributed by atoms with van der Waals surface area (Å²) in [5, 5.41) is 14.2. The maximum atomic E-state index is 11.9. The van der Waals surface area contributed by atoms with Crippen LogP contribution < -0.4 is 4.90 Å². The van der Waals surface area contributed by atoms with Crippen LogP contribution in [0.3, 0.4) is 0 Å². The first-order valence-electron chi connectivity index (χ1n) is 6.98. The number of halogens is 1. The molecule has 0 fully saturated rings. The van der Waals surface area contributed by atoms with Crippen LogP contribution in [-0.4, -0.2) is 21.0 Å². The average Bonchev–Trinajstić information content (AvgIpc) is 2.85. The second-order valence-electron chi connectivity index (χ2n) is 4.94. The number of carbonyl (C=O) groups is 1. The van der Waals surface area contributed by atoms with Gasteiger partial charge < -0.3 is 5.11 Å². The number of nitrogens with zero attached hydrogens (tertiary/aromatic N) is 3. The predicted octanol–water partition coefficient (Wildman–Crippen LogP) is 4.76. The fourth-order valence-electron chi connectivity index (χ4n) is 2.37. The van der Waals surface area contributed by atoms with Gasteiger partial charge in [-0.1, -0.05) is 36.4 Å². The first-order valence-corrected chi connectivity index (χ1v) is 7.77. The molecule has 23 heavy (non-hydrogen) atoms. The normalized spacial score (nSPS) is 10.5. The molecule has 1 heterocycles. The molecule has 0 bridgehead atoms. The van der Waals surface area contributed by atoms with Crippen molar-refractivity contribution in [3.63, 3.8) is 0 Å². The van der Waals surface area contributed by atoms with Gasteiger partial charge in [-0.25, -0.2) is 14.4 Å². The summed E-state index contributed by atoms with van der Waals surface area (Å²) in [6.45, 7) is 1.84. The topological polar surface area (TPSA) is 58.4 Å². The van der Waals surface area contributed by atoms with E-state index >= 15 is 0 Å². The second kappa shape index (κ2) is 6.26. The van der Waals surface area contributed by atoms with Crippen molar-refractivity contribution < 1.29 is 9.90 Å². The van der Waals surface area contributed by atoms with E-state index in [4.69, 9.17) is 0 Å². The Bertz CT molecular complexity index is 832. The Hall–Kier alpha value is -2.60. The molecule has 0 aliphatic heterocycles. The van der Waals surface area contributed by atoms with Gasteiger partial charge in [0.25, 0.3) is 0 Å². The lowest BCUT2D eigenvalue weighted by Crippen LogP contribution is -2.26. The van der Waals surface area contributed by atoms with Crippen LogP contribution in [0.4, 0.5) is 16.3 Å². The molecule has 3 rings (SSSR count). The molecule has 0 saturated carbocycles. The molecule has 6 heteroatoms. The van der Waals surface area contributed by atoms with Crippen LogP contribution in [-0.2, 0) is 0 Å². The van der Waals surface area contributed by atoms with Crippen molar-refractivity contribution in [2.45, 2.75) is 6.92 Å². The number of amides is 1. The van der Waals surface area contributed by atoms with E-state index in [9.17, 15) is 9.90 Å². The van der Waals surface area contributed by atoms with E-state index in [0.29, 0.717) is 16.1 Å². The van der Waals surface area contributed by atoms with Gasteiger partial charge in [-0.15, -0.1) is 0 Å². The molecule has 116 valence electrons. The Kier molecular flexibility index (Phi) is 4.16. The summed E-state index contributed by atoms with van der Waals surface area (Å²) in [5.41, 5.74) is 2.10. The molecule has 0 atom stereocenters. The number of rotatable bonds is 3. The SMILES string of the molecule is Cc1c(Br)nn(-c2ccccc2)c1N(C(=O)O)c1ccccc1. The van der Waals surface area contributed by atoms with Gasteiger partial charge in [0.1, 0.15) is 4.60 Å². The van der Waals surface area contributed by atoms with Crippen LogP contribution in [0.1, 0.15) is 5.56 Å². The highest BCUT2D eigenvalue weighted by Crippen LogP contribution is 2.34. The quantitative estimate of drug-likeness (QED) is 0.721. The molecule has 0 aliphatic carbocycles. The number of hydrogen-bond acceptors (Lipinski definition) is 2. The lowest BCUT2D eigenvalue weighted by Gasteiger charge is -2.21. The van der Waals surface area contributed by atoms with E-state index in [-0.39, 0.29) is 0 Å². The predicted molar refractivity (Wildman–Crippen MR) is 92.6 cm³/mol. The van der Waals surface area contributed by atoms with Crippen molar-refractivity contribution in [1.29, 1.82) is 0 Å². The van der Waals surface area contributed by atoms with Gasteiger partial charge >= 0.3 is 6.09 Å². The third-order valence-electron chi connectivity index (χ3n) is 3.45. The van der Waals surface area contributed by atoms with Crippen LogP contribution in [0.15, 0.2) is 65.3 Å². The zero-order valence-corrected chi connectivity index (χ0v) is 13.9. The third kappa shape index (κ3) is 2.85. The van der Waals surface area contributed by atoms with Crippen LogP contribution in [0.25, 0.3) is 5.69 Å². The molecule has 1 aromatic heterocycles. The maximum Gasteiger partial charge on any atom is 0.417 e. The molecule has 0 radical (unpaired) electrons. The Labute approximate surface area is 141 Å². The van der Waals surface area contributed by atoms with Gasteiger partial charge in [0, 0.05) is 5.56 Å². The van der Waals surface area contributed by atoms with Crippen molar-refractivity contribution in [3.8, 4) is 5.69 Å². The minimum absolute atomic E-state index is 0.488. The van der Waals surface area contributed by atoms with Crippen LogP contribution in [0.2, 0.25) is 0 Å². The number of aromatic nitrogens is 2. The minimum atomic E-state index is -1.07. The van der Waals surface area contributed by atoms with Gasteiger partial charge in [-0.2, -0.15) is 5.10 Å². The largest absolute Gasteiger partial charge is 0.464 e. The zero-order valence-electron chi connectivity index (χ0n) is 12.3. The highest BCUT2D eigenvalue weighted by Gasteiger charge is 2.26. The molecule has 0 saturated heterocycles. The second-order valence-corrected chi connectivity index (χ2v) is 5.69. The van der Waals surface area contributed by atoms with E-state index in [1.54, 1.807) is 28.9 Å². The number of carboxylic acid groups (broad SMARTS) is 1. The van der Waals surface area contributed by atoms with Crippen molar-refractivity contribution in [2.24, 2.45) is 0 Å². The molecule has 1 amide bonds. The van der Waals surface area contributed by atoms with Gasteiger partial charge in [0.2, 0.25) is 0 Å². The van der Waals surface area contributed by atoms with Gasteiger partial charge in [0.05, 0.1) is 11.4 Å². The summed E-state index contributed by atoms with van der Waals surface area (Å²) in [6, 6.07) is 18.4. The first kappa shape index (κ1) is 15.3. The number of hydrogen-bond donors (Lipinski definition) is 1. The van der Waals surface area contributed by atoms with E-state index in [1.165, 1.54) is 4.90 Å². The van der Waals surface area contributed by atoms with Crippen LogP contribution in [0, 0.1) is 6.92 Å². The summed E-state index contributed by atoms with van der Waals surface area (Å²) >= 11 is 3.40. The molecular weight excluding hydrogens is 358 g/mol. The van der Waals surface area contributed by atoms with Crippen molar-refractivity contribution in [1.82, 2.24) is 9.78 Å². The monoisotopic (exact) mass is 371 g/mol. The summed E-state index contributed by atoms with van der Waals surface area (Å²) in [5.74, 6) is 0.488. The highest BCUT2D eigenvalue weighted by atomic mass is 79.9. The fourth-order valence-corrected chi connectivity index (χ4v) is 2.71. The van der Waals surface area contributed by atoms with E-state index < -0.39 is 6.09 Å².